The first-order valence-corrected chi connectivity index (χ1v) is 6.32. The maximum Gasteiger partial charge on any atom is 0.109 e. The third kappa shape index (κ3) is 1.77. The monoisotopic (exact) mass is 222 g/mol. The average molecular weight is 222 g/mol. The minimum atomic E-state index is -0.668. The summed E-state index contributed by atoms with van der Waals surface area (Å²) in [5.41, 5.74) is 0.327. The molecular weight excluding hydrogens is 200 g/mol. The largest absolute Gasteiger partial charge is 0.383 e. The lowest BCUT2D eigenvalue weighted by molar-refractivity contribution is -0.0653. The van der Waals surface area contributed by atoms with Gasteiger partial charge >= 0.3 is 0 Å². The van der Waals surface area contributed by atoms with Gasteiger partial charge in [0.2, 0.25) is 0 Å². The van der Waals surface area contributed by atoms with Crippen molar-refractivity contribution in [2.75, 3.05) is 0 Å². The highest BCUT2D eigenvalue weighted by Crippen LogP contribution is 2.43. The summed E-state index contributed by atoms with van der Waals surface area (Å²) in [4.78, 5) is 0. The Morgan fingerprint density at radius 2 is 2.31 bits per heavy atom. The van der Waals surface area contributed by atoms with Gasteiger partial charge in [0.1, 0.15) is 5.60 Å². The van der Waals surface area contributed by atoms with Crippen molar-refractivity contribution in [3.63, 3.8) is 0 Å². The fourth-order valence-electron chi connectivity index (χ4n) is 2.96. The van der Waals surface area contributed by atoms with Gasteiger partial charge in [0.25, 0.3) is 0 Å². The van der Waals surface area contributed by atoms with E-state index in [0.717, 1.165) is 37.4 Å². The van der Waals surface area contributed by atoms with Crippen molar-refractivity contribution < 1.29 is 5.11 Å². The standard InChI is InChI=1S/C13H22N2O/c1-4-15-12(6-8-14-15)13(16)7-5-10(2)9-11(13)3/h6,8,10-11,16H,4-5,7,9H2,1-3H3. The van der Waals surface area contributed by atoms with Crippen molar-refractivity contribution >= 4 is 0 Å². The molecule has 3 atom stereocenters. The summed E-state index contributed by atoms with van der Waals surface area (Å²) in [5.74, 6) is 1.05. The molecule has 2 rings (SSSR count). The third-order valence-electron chi connectivity index (χ3n) is 4.05. The number of nitrogens with zero attached hydrogens (tertiary/aromatic N) is 2. The molecule has 1 fully saturated rings. The van der Waals surface area contributed by atoms with Crippen LogP contribution in [0, 0.1) is 11.8 Å². The lowest BCUT2D eigenvalue weighted by Crippen LogP contribution is -2.40. The number of hydrogen-bond acceptors (Lipinski definition) is 2. The Kier molecular flexibility index (Phi) is 3.06. The Bertz CT molecular complexity index is 361. The molecule has 0 spiro atoms. The number of aromatic nitrogens is 2. The van der Waals surface area contributed by atoms with Crippen LogP contribution in [-0.2, 0) is 12.1 Å². The van der Waals surface area contributed by atoms with Crippen LogP contribution in [0.1, 0.15) is 45.7 Å². The van der Waals surface area contributed by atoms with Crippen LogP contribution < -0.4 is 0 Å². The second kappa shape index (κ2) is 4.21. The van der Waals surface area contributed by atoms with E-state index >= 15 is 0 Å². The molecule has 0 bridgehead atoms. The molecule has 1 saturated carbocycles. The topological polar surface area (TPSA) is 38.0 Å². The number of aryl methyl sites for hydroxylation is 1. The van der Waals surface area contributed by atoms with Gasteiger partial charge in [0.05, 0.1) is 5.69 Å². The molecule has 90 valence electrons. The highest BCUT2D eigenvalue weighted by atomic mass is 16.3. The molecule has 1 aromatic rings. The Labute approximate surface area is 97.5 Å². The van der Waals surface area contributed by atoms with Crippen LogP contribution in [0.15, 0.2) is 12.3 Å². The van der Waals surface area contributed by atoms with Crippen molar-refractivity contribution in [3.8, 4) is 0 Å². The van der Waals surface area contributed by atoms with Gasteiger partial charge in [-0.05, 0) is 44.1 Å². The molecule has 0 saturated heterocycles. The van der Waals surface area contributed by atoms with E-state index in [1.807, 2.05) is 10.7 Å². The Balaban J connectivity index is 2.31. The van der Waals surface area contributed by atoms with Crippen molar-refractivity contribution in [3.05, 3.63) is 18.0 Å². The minimum Gasteiger partial charge on any atom is -0.383 e. The maximum atomic E-state index is 10.9. The molecule has 1 heterocycles. The molecule has 3 unspecified atom stereocenters. The molecule has 1 aliphatic rings. The van der Waals surface area contributed by atoms with Crippen LogP contribution in [0.5, 0.6) is 0 Å². The molecule has 1 aliphatic carbocycles. The van der Waals surface area contributed by atoms with Gasteiger partial charge in [-0.3, -0.25) is 4.68 Å². The fourth-order valence-corrected chi connectivity index (χ4v) is 2.96. The molecule has 3 nitrogen and oxygen atoms in total. The normalized spacial score (nSPS) is 35.2. The van der Waals surface area contributed by atoms with E-state index in [1.165, 1.54) is 0 Å². The zero-order chi connectivity index (χ0) is 11.8. The predicted octanol–water partition coefficient (Wildman–Crippen LogP) is 2.55. The van der Waals surface area contributed by atoms with Crippen LogP contribution >= 0.6 is 0 Å². The van der Waals surface area contributed by atoms with Crippen LogP contribution in [0.4, 0.5) is 0 Å². The molecule has 0 aromatic carbocycles. The van der Waals surface area contributed by atoms with Crippen LogP contribution in [0.25, 0.3) is 0 Å². The predicted molar refractivity (Wildman–Crippen MR) is 64.0 cm³/mol. The summed E-state index contributed by atoms with van der Waals surface area (Å²) in [5, 5.41) is 15.1. The Hall–Kier alpha value is -0.830. The molecule has 1 aromatic heterocycles. The second-order valence-electron chi connectivity index (χ2n) is 5.24. The molecule has 3 heteroatoms. The van der Waals surface area contributed by atoms with Crippen LogP contribution in [0.2, 0.25) is 0 Å². The average Bonchev–Trinajstić information content (AvgIpc) is 2.72. The highest BCUT2D eigenvalue weighted by Gasteiger charge is 2.41. The molecular formula is C13H22N2O. The maximum absolute atomic E-state index is 10.9. The first-order chi connectivity index (χ1) is 7.58. The van der Waals surface area contributed by atoms with E-state index < -0.39 is 5.60 Å². The van der Waals surface area contributed by atoms with E-state index in [-0.39, 0.29) is 0 Å². The molecule has 0 amide bonds. The first-order valence-electron chi connectivity index (χ1n) is 6.32. The number of aliphatic hydroxyl groups is 1. The van der Waals surface area contributed by atoms with E-state index in [4.69, 9.17) is 0 Å². The summed E-state index contributed by atoms with van der Waals surface area (Å²) < 4.78 is 1.92. The summed E-state index contributed by atoms with van der Waals surface area (Å²) in [6.07, 6.45) is 4.86. The first kappa shape index (κ1) is 11.6. The quantitative estimate of drug-likeness (QED) is 0.835. The van der Waals surface area contributed by atoms with Gasteiger partial charge in [-0.15, -0.1) is 0 Å². The van der Waals surface area contributed by atoms with Crippen molar-refractivity contribution in [2.45, 2.75) is 52.2 Å². The number of hydrogen-bond donors (Lipinski definition) is 1. The van der Waals surface area contributed by atoms with Crippen LogP contribution in [-0.4, -0.2) is 14.9 Å². The highest BCUT2D eigenvalue weighted by molar-refractivity contribution is 5.14. The van der Waals surface area contributed by atoms with Crippen molar-refractivity contribution in [2.24, 2.45) is 11.8 Å². The Morgan fingerprint density at radius 1 is 1.56 bits per heavy atom. The van der Waals surface area contributed by atoms with Gasteiger partial charge in [-0.2, -0.15) is 5.10 Å². The molecule has 0 radical (unpaired) electrons. The summed E-state index contributed by atoms with van der Waals surface area (Å²) in [7, 11) is 0. The van der Waals surface area contributed by atoms with Gasteiger partial charge in [-0.1, -0.05) is 13.8 Å². The SMILES string of the molecule is CCn1nccc1C1(O)CCC(C)CC1C. The summed E-state index contributed by atoms with van der Waals surface area (Å²) in [6, 6.07) is 1.97. The van der Waals surface area contributed by atoms with Gasteiger partial charge in [0, 0.05) is 12.7 Å². The van der Waals surface area contributed by atoms with E-state index in [2.05, 4.69) is 25.9 Å². The Morgan fingerprint density at radius 3 is 2.94 bits per heavy atom. The molecule has 1 N–H and O–H groups in total. The lowest BCUT2D eigenvalue weighted by Gasteiger charge is -2.40. The minimum absolute atomic E-state index is 0.318. The van der Waals surface area contributed by atoms with Crippen LogP contribution in [0.3, 0.4) is 0 Å². The number of rotatable bonds is 2. The van der Waals surface area contributed by atoms with Crippen molar-refractivity contribution in [1.29, 1.82) is 0 Å². The summed E-state index contributed by atoms with van der Waals surface area (Å²) >= 11 is 0. The van der Waals surface area contributed by atoms with Gasteiger partial charge < -0.3 is 5.11 Å². The summed E-state index contributed by atoms with van der Waals surface area (Å²) in [6.45, 7) is 7.32. The molecule has 0 aliphatic heterocycles. The lowest BCUT2D eigenvalue weighted by atomic mass is 9.71. The van der Waals surface area contributed by atoms with Gasteiger partial charge in [-0.25, -0.2) is 0 Å². The zero-order valence-electron chi connectivity index (χ0n) is 10.5. The zero-order valence-corrected chi connectivity index (χ0v) is 10.5. The van der Waals surface area contributed by atoms with E-state index in [0.29, 0.717) is 5.92 Å². The van der Waals surface area contributed by atoms with E-state index in [1.54, 1.807) is 6.20 Å². The van der Waals surface area contributed by atoms with Crippen molar-refractivity contribution in [1.82, 2.24) is 9.78 Å². The molecule has 16 heavy (non-hydrogen) atoms. The van der Waals surface area contributed by atoms with E-state index in [9.17, 15) is 5.11 Å². The fraction of sp³-hybridized carbons (Fsp3) is 0.769. The smallest absolute Gasteiger partial charge is 0.109 e. The third-order valence-corrected chi connectivity index (χ3v) is 4.05. The second-order valence-corrected chi connectivity index (χ2v) is 5.24. The van der Waals surface area contributed by atoms with Gasteiger partial charge in [0.15, 0.2) is 0 Å².